The smallest absolute Gasteiger partial charge is 0.261 e. The number of amides is 1. The van der Waals surface area contributed by atoms with Crippen molar-refractivity contribution < 1.29 is 17.9 Å². The molecule has 0 aromatic heterocycles. The lowest BCUT2D eigenvalue weighted by Gasteiger charge is -2.23. The van der Waals surface area contributed by atoms with Crippen LogP contribution in [0.1, 0.15) is 49.4 Å². The van der Waals surface area contributed by atoms with Crippen LogP contribution >= 0.6 is 0 Å². The van der Waals surface area contributed by atoms with Crippen LogP contribution in [0.25, 0.3) is 0 Å². The first-order valence-electron chi connectivity index (χ1n) is 10.1. The molecule has 7 heteroatoms. The van der Waals surface area contributed by atoms with Crippen molar-refractivity contribution in [2.45, 2.75) is 52.7 Å². The standard InChI is InChI=1S/C23H32N2O4S/c1-7-21(18-10-9-16(3)17(4)15-18)24-23(26)22(8-2)29-20-13-11-19(12-14-20)25(5)30(6,27)28/h9-15,21-22H,7-8H2,1-6H3,(H,24,26)/t21-,22-/m0/s1. The van der Waals surface area contributed by atoms with Gasteiger partial charge in [0.1, 0.15) is 5.75 Å². The highest BCUT2D eigenvalue weighted by Crippen LogP contribution is 2.23. The molecule has 0 saturated carbocycles. The van der Waals surface area contributed by atoms with Crippen LogP contribution in [0.4, 0.5) is 5.69 Å². The normalized spacial score (nSPS) is 13.4. The van der Waals surface area contributed by atoms with Gasteiger partial charge in [-0.15, -0.1) is 0 Å². The molecular weight excluding hydrogens is 400 g/mol. The van der Waals surface area contributed by atoms with Crippen LogP contribution in [0.15, 0.2) is 42.5 Å². The first-order valence-corrected chi connectivity index (χ1v) is 12.0. The number of carbonyl (C=O) groups excluding carboxylic acids is 1. The highest BCUT2D eigenvalue weighted by Gasteiger charge is 2.22. The number of aryl methyl sites for hydroxylation is 2. The molecule has 0 radical (unpaired) electrons. The van der Waals surface area contributed by atoms with Crippen LogP contribution in [0, 0.1) is 13.8 Å². The fourth-order valence-electron chi connectivity index (χ4n) is 3.08. The lowest BCUT2D eigenvalue weighted by atomic mass is 9.99. The molecule has 2 atom stereocenters. The number of rotatable bonds is 9. The van der Waals surface area contributed by atoms with Gasteiger partial charge in [-0.3, -0.25) is 9.10 Å². The molecule has 6 nitrogen and oxygen atoms in total. The second-order valence-electron chi connectivity index (χ2n) is 7.55. The van der Waals surface area contributed by atoms with Crippen LogP contribution < -0.4 is 14.4 Å². The van der Waals surface area contributed by atoms with E-state index in [9.17, 15) is 13.2 Å². The number of hydrogen-bond acceptors (Lipinski definition) is 4. The van der Waals surface area contributed by atoms with E-state index < -0.39 is 16.1 Å². The number of sulfonamides is 1. The third-order valence-corrected chi connectivity index (χ3v) is 6.50. The maximum absolute atomic E-state index is 12.9. The Morgan fingerprint density at radius 1 is 1.03 bits per heavy atom. The van der Waals surface area contributed by atoms with Crippen LogP contribution in [-0.4, -0.2) is 33.7 Å². The average molecular weight is 433 g/mol. The predicted molar refractivity (Wildman–Crippen MR) is 121 cm³/mol. The van der Waals surface area contributed by atoms with Gasteiger partial charge in [-0.1, -0.05) is 32.0 Å². The lowest BCUT2D eigenvalue weighted by Crippen LogP contribution is -2.40. The third-order valence-electron chi connectivity index (χ3n) is 5.30. The molecule has 0 fully saturated rings. The molecule has 0 aliphatic rings. The van der Waals surface area contributed by atoms with Gasteiger partial charge >= 0.3 is 0 Å². The Kier molecular flexibility index (Phi) is 7.89. The van der Waals surface area contributed by atoms with E-state index in [-0.39, 0.29) is 11.9 Å². The van der Waals surface area contributed by atoms with Crippen LogP contribution in [0.2, 0.25) is 0 Å². The first kappa shape index (κ1) is 23.7. The van der Waals surface area contributed by atoms with Gasteiger partial charge in [0.15, 0.2) is 6.10 Å². The van der Waals surface area contributed by atoms with Crippen molar-refractivity contribution >= 4 is 21.6 Å². The summed E-state index contributed by atoms with van der Waals surface area (Å²) in [5.74, 6) is 0.349. The summed E-state index contributed by atoms with van der Waals surface area (Å²) in [5, 5.41) is 3.10. The molecule has 0 saturated heterocycles. The summed E-state index contributed by atoms with van der Waals surface area (Å²) in [6, 6.07) is 12.8. The van der Waals surface area contributed by atoms with Gasteiger partial charge in [-0.25, -0.2) is 8.42 Å². The fraction of sp³-hybridized carbons (Fsp3) is 0.435. The number of carbonyl (C=O) groups is 1. The summed E-state index contributed by atoms with van der Waals surface area (Å²) in [6.07, 6.45) is 1.80. The number of ether oxygens (including phenoxy) is 1. The van der Waals surface area contributed by atoms with E-state index in [0.717, 1.165) is 18.2 Å². The summed E-state index contributed by atoms with van der Waals surface area (Å²) in [5.41, 5.74) is 4.03. The highest BCUT2D eigenvalue weighted by atomic mass is 32.2. The van der Waals surface area contributed by atoms with E-state index in [4.69, 9.17) is 4.74 Å². The minimum atomic E-state index is -3.33. The Hall–Kier alpha value is -2.54. The second kappa shape index (κ2) is 9.98. The number of hydrogen-bond donors (Lipinski definition) is 1. The largest absolute Gasteiger partial charge is 0.481 e. The first-order chi connectivity index (χ1) is 14.1. The van der Waals surface area contributed by atoms with Gasteiger partial charge in [-0.05, 0) is 67.6 Å². The van der Waals surface area contributed by atoms with Crippen LogP contribution in [-0.2, 0) is 14.8 Å². The van der Waals surface area contributed by atoms with Crippen LogP contribution in [0.3, 0.4) is 0 Å². The highest BCUT2D eigenvalue weighted by molar-refractivity contribution is 7.92. The summed E-state index contributed by atoms with van der Waals surface area (Å²) < 4.78 is 30.4. The number of benzene rings is 2. The zero-order valence-electron chi connectivity index (χ0n) is 18.6. The van der Waals surface area contributed by atoms with Gasteiger partial charge in [0.05, 0.1) is 18.0 Å². The SMILES string of the molecule is CC[C@H](Oc1ccc(N(C)S(C)(=O)=O)cc1)C(=O)N[C@@H](CC)c1ccc(C)c(C)c1. The van der Waals surface area contributed by atoms with Gasteiger partial charge in [0.2, 0.25) is 10.0 Å². The number of nitrogens with one attached hydrogen (secondary N) is 1. The van der Waals surface area contributed by atoms with Gasteiger partial charge in [0.25, 0.3) is 5.91 Å². The van der Waals surface area contributed by atoms with Gasteiger partial charge in [0, 0.05) is 7.05 Å². The second-order valence-corrected chi connectivity index (χ2v) is 9.57. The Balaban J connectivity index is 2.09. The fourth-order valence-corrected chi connectivity index (χ4v) is 3.58. The maximum atomic E-state index is 12.9. The number of anilines is 1. The number of nitrogens with zero attached hydrogens (tertiary/aromatic N) is 1. The lowest BCUT2D eigenvalue weighted by molar-refractivity contribution is -0.128. The molecule has 1 amide bonds. The monoisotopic (exact) mass is 432 g/mol. The van der Waals surface area contributed by atoms with E-state index in [2.05, 4.69) is 37.4 Å². The molecular formula is C23H32N2O4S. The molecule has 0 heterocycles. The molecule has 2 aromatic carbocycles. The van der Waals surface area contributed by atoms with Crippen molar-refractivity contribution in [3.05, 3.63) is 59.2 Å². The van der Waals surface area contributed by atoms with Crippen molar-refractivity contribution in [2.24, 2.45) is 0 Å². The molecule has 0 spiro atoms. The van der Waals surface area contributed by atoms with E-state index in [0.29, 0.717) is 17.9 Å². The van der Waals surface area contributed by atoms with Crippen molar-refractivity contribution in [1.82, 2.24) is 5.32 Å². The van der Waals surface area contributed by atoms with E-state index in [1.165, 1.54) is 22.5 Å². The Morgan fingerprint density at radius 2 is 1.67 bits per heavy atom. The molecule has 164 valence electrons. The van der Waals surface area contributed by atoms with Crippen molar-refractivity contribution in [3.8, 4) is 5.75 Å². The minimum absolute atomic E-state index is 0.0831. The quantitative estimate of drug-likeness (QED) is 0.647. The van der Waals surface area contributed by atoms with Gasteiger partial charge in [-0.2, -0.15) is 0 Å². The predicted octanol–water partition coefficient (Wildman–Crippen LogP) is 4.12. The summed E-state index contributed by atoms with van der Waals surface area (Å²) in [6.45, 7) is 8.07. The molecule has 2 aromatic rings. The van der Waals surface area contributed by atoms with E-state index >= 15 is 0 Å². The Bertz CT molecular complexity index is 971. The van der Waals surface area contributed by atoms with E-state index in [1.54, 1.807) is 24.3 Å². The summed E-state index contributed by atoms with van der Waals surface area (Å²) >= 11 is 0. The summed E-state index contributed by atoms with van der Waals surface area (Å²) in [4.78, 5) is 12.9. The molecule has 0 bridgehead atoms. The third kappa shape index (κ3) is 5.98. The molecule has 0 unspecified atom stereocenters. The maximum Gasteiger partial charge on any atom is 0.261 e. The average Bonchev–Trinajstić information content (AvgIpc) is 2.71. The minimum Gasteiger partial charge on any atom is -0.481 e. The van der Waals surface area contributed by atoms with Crippen LogP contribution in [0.5, 0.6) is 5.75 Å². The molecule has 2 rings (SSSR count). The molecule has 30 heavy (non-hydrogen) atoms. The summed E-state index contributed by atoms with van der Waals surface area (Å²) in [7, 11) is -1.84. The Morgan fingerprint density at radius 3 is 2.17 bits per heavy atom. The van der Waals surface area contributed by atoms with Crippen molar-refractivity contribution in [3.63, 3.8) is 0 Å². The molecule has 1 N–H and O–H groups in total. The molecule has 0 aliphatic carbocycles. The van der Waals surface area contributed by atoms with E-state index in [1.807, 2.05) is 13.8 Å². The molecule has 0 aliphatic heterocycles. The van der Waals surface area contributed by atoms with Gasteiger partial charge < -0.3 is 10.1 Å². The zero-order valence-corrected chi connectivity index (χ0v) is 19.4. The zero-order chi connectivity index (χ0) is 22.5. The Labute approximate surface area is 180 Å². The van der Waals surface area contributed by atoms with Crippen molar-refractivity contribution in [2.75, 3.05) is 17.6 Å². The van der Waals surface area contributed by atoms with Crippen molar-refractivity contribution in [1.29, 1.82) is 0 Å². The topological polar surface area (TPSA) is 75.7 Å².